The average Bonchev–Trinajstić information content (AvgIpc) is 3.53. The van der Waals surface area contributed by atoms with Crippen LogP contribution in [0.3, 0.4) is 0 Å². The molecular weight excluding hydrogens is 365 g/mol. The first-order chi connectivity index (χ1) is 14.1. The summed E-state index contributed by atoms with van der Waals surface area (Å²) in [5.41, 5.74) is 3.54. The van der Waals surface area contributed by atoms with Crippen LogP contribution in [0.1, 0.15) is 62.3 Å². The molecule has 0 bridgehead atoms. The van der Waals surface area contributed by atoms with Crippen molar-refractivity contribution in [1.29, 1.82) is 0 Å². The number of benzene rings is 1. The van der Waals surface area contributed by atoms with E-state index in [0.717, 1.165) is 54.8 Å². The van der Waals surface area contributed by atoms with E-state index in [-0.39, 0.29) is 6.04 Å². The number of rotatable bonds is 4. The number of aryl methyl sites for hydroxylation is 1. The third-order valence-electron chi connectivity index (χ3n) is 6.35. The Hall–Kier alpha value is -2.08. The zero-order valence-corrected chi connectivity index (χ0v) is 17.1. The molecule has 0 radical (unpaired) electrons. The molecule has 1 aromatic heterocycles. The standard InChI is InChI=1S/C23H30FN5/c1-14-2-9-21-20(10-14)23(27-19-11-16(24)12-25-13-19)29-22(28-21)15-3-5-17(6-4-15)26-18-7-8-18/h2,9-10,15-16,18-19,25H,3-8,11-13H2,1H3,(H,27,28,29)/t15?,16-,19-/m0/s1. The first-order valence-corrected chi connectivity index (χ1v) is 11.1. The van der Waals surface area contributed by atoms with Crippen LogP contribution in [0, 0.1) is 6.92 Å². The predicted molar refractivity (Wildman–Crippen MR) is 116 cm³/mol. The molecule has 6 heteroatoms. The highest BCUT2D eigenvalue weighted by Gasteiger charge is 2.27. The van der Waals surface area contributed by atoms with Crippen molar-refractivity contribution in [3.8, 4) is 0 Å². The molecule has 29 heavy (non-hydrogen) atoms. The van der Waals surface area contributed by atoms with E-state index in [2.05, 4.69) is 35.8 Å². The van der Waals surface area contributed by atoms with Crippen LogP contribution in [0.15, 0.2) is 23.2 Å². The zero-order valence-electron chi connectivity index (χ0n) is 17.1. The Labute approximate surface area is 171 Å². The summed E-state index contributed by atoms with van der Waals surface area (Å²) in [5.74, 6) is 2.15. The van der Waals surface area contributed by atoms with Gasteiger partial charge in [-0.1, -0.05) is 11.6 Å². The van der Waals surface area contributed by atoms with Gasteiger partial charge in [0.25, 0.3) is 0 Å². The van der Waals surface area contributed by atoms with Crippen molar-refractivity contribution in [2.75, 3.05) is 18.4 Å². The molecule has 1 aliphatic heterocycles. The first-order valence-electron chi connectivity index (χ1n) is 11.1. The maximum absolute atomic E-state index is 13.9. The molecular formula is C23H30FN5. The molecule has 0 amide bonds. The van der Waals surface area contributed by atoms with Crippen LogP contribution in [0.2, 0.25) is 0 Å². The molecule has 2 aromatic rings. The highest BCUT2D eigenvalue weighted by Crippen LogP contribution is 2.34. The molecule has 154 valence electrons. The fourth-order valence-corrected chi connectivity index (χ4v) is 4.55. The molecule has 2 heterocycles. The normalized spacial score (nSPS) is 27.8. The van der Waals surface area contributed by atoms with Gasteiger partial charge in [0.1, 0.15) is 17.8 Å². The van der Waals surface area contributed by atoms with Gasteiger partial charge < -0.3 is 10.6 Å². The summed E-state index contributed by atoms with van der Waals surface area (Å²) in [7, 11) is 0. The second-order valence-corrected chi connectivity index (χ2v) is 8.98. The van der Waals surface area contributed by atoms with Gasteiger partial charge in [-0.25, -0.2) is 14.4 Å². The van der Waals surface area contributed by atoms with Crippen LogP contribution in [0.4, 0.5) is 10.2 Å². The molecule has 1 saturated heterocycles. The lowest BCUT2D eigenvalue weighted by molar-refractivity contribution is 0.255. The van der Waals surface area contributed by atoms with Crippen molar-refractivity contribution in [3.63, 3.8) is 0 Å². The second kappa shape index (κ2) is 7.98. The van der Waals surface area contributed by atoms with Gasteiger partial charge in [-0.3, -0.25) is 4.99 Å². The minimum Gasteiger partial charge on any atom is -0.365 e. The molecule has 2 atom stereocenters. The smallest absolute Gasteiger partial charge is 0.137 e. The van der Waals surface area contributed by atoms with Crippen LogP contribution >= 0.6 is 0 Å². The Morgan fingerprint density at radius 2 is 1.93 bits per heavy atom. The lowest BCUT2D eigenvalue weighted by Gasteiger charge is -2.28. The van der Waals surface area contributed by atoms with Gasteiger partial charge in [0.05, 0.1) is 11.6 Å². The van der Waals surface area contributed by atoms with E-state index in [9.17, 15) is 4.39 Å². The van der Waals surface area contributed by atoms with E-state index in [4.69, 9.17) is 15.0 Å². The zero-order chi connectivity index (χ0) is 19.8. The lowest BCUT2D eigenvalue weighted by atomic mass is 9.87. The summed E-state index contributed by atoms with van der Waals surface area (Å²) in [4.78, 5) is 14.8. The minimum atomic E-state index is -0.807. The van der Waals surface area contributed by atoms with E-state index >= 15 is 0 Å². The largest absolute Gasteiger partial charge is 0.365 e. The second-order valence-electron chi connectivity index (χ2n) is 8.98. The molecule has 5 rings (SSSR count). The predicted octanol–water partition coefficient (Wildman–Crippen LogP) is 4.31. The lowest BCUT2D eigenvalue weighted by Crippen LogP contribution is -2.44. The molecule has 2 aliphatic carbocycles. The van der Waals surface area contributed by atoms with Crippen molar-refractivity contribution >= 4 is 22.4 Å². The third kappa shape index (κ3) is 4.42. The van der Waals surface area contributed by atoms with Crippen LogP contribution in [0.25, 0.3) is 10.9 Å². The maximum atomic E-state index is 13.9. The van der Waals surface area contributed by atoms with E-state index in [1.165, 1.54) is 24.1 Å². The maximum Gasteiger partial charge on any atom is 0.137 e. The van der Waals surface area contributed by atoms with Gasteiger partial charge in [0.15, 0.2) is 0 Å². The molecule has 0 unspecified atom stereocenters. The molecule has 0 spiro atoms. The number of piperidine rings is 1. The number of alkyl halides is 1. The van der Waals surface area contributed by atoms with E-state index in [1.54, 1.807) is 0 Å². The van der Waals surface area contributed by atoms with Crippen molar-refractivity contribution in [2.24, 2.45) is 4.99 Å². The minimum absolute atomic E-state index is 0.0499. The summed E-state index contributed by atoms with van der Waals surface area (Å²) in [6, 6.07) is 6.98. The average molecular weight is 396 g/mol. The van der Waals surface area contributed by atoms with Gasteiger partial charge in [0, 0.05) is 42.6 Å². The van der Waals surface area contributed by atoms with Crippen molar-refractivity contribution < 1.29 is 4.39 Å². The first kappa shape index (κ1) is 18.9. The summed E-state index contributed by atoms with van der Waals surface area (Å²) >= 11 is 0. The summed E-state index contributed by atoms with van der Waals surface area (Å²) in [5, 5.41) is 7.73. The number of aliphatic imine (C=N–C) groups is 1. The molecule has 3 fully saturated rings. The monoisotopic (exact) mass is 395 g/mol. The molecule has 3 aliphatic rings. The summed E-state index contributed by atoms with van der Waals surface area (Å²) in [6.07, 6.45) is 6.52. The summed E-state index contributed by atoms with van der Waals surface area (Å²) < 4.78 is 13.9. The van der Waals surface area contributed by atoms with Gasteiger partial charge in [-0.2, -0.15) is 0 Å². The SMILES string of the molecule is Cc1ccc2nc(C3CCC(=NC4CC4)CC3)nc(N[C@@H]3CNC[C@@H](F)C3)c2c1. The topological polar surface area (TPSA) is 62.2 Å². The summed E-state index contributed by atoms with van der Waals surface area (Å²) in [6.45, 7) is 3.29. The molecule has 1 aromatic carbocycles. The fraction of sp³-hybridized carbons (Fsp3) is 0.609. The van der Waals surface area contributed by atoms with Gasteiger partial charge in [0.2, 0.25) is 0 Å². The van der Waals surface area contributed by atoms with Crippen LogP contribution < -0.4 is 10.6 Å². The van der Waals surface area contributed by atoms with Gasteiger partial charge in [-0.15, -0.1) is 0 Å². The third-order valence-corrected chi connectivity index (χ3v) is 6.35. The van der Waals surface area contributed by atoms with E-state index in [1.807, 2.05) is 0 Å². The molecule has 2 saturated carbocycles. The number of hydrogen-bond donors (Lipinski definition) is 2. The van der Waals surface area contributed by atoms with Crippen LogP contribution in [-0.2, 0) is 0 Å². The fourth-order valence-electron chi connectivity index (χ4n) is 4.55. The number of halogens is 1. The molecule has 2 N–H and O–H groups in total. The van der Waals surface area contributed by atoms with E-state index in [0.29, 0.717) is 24.9 Å². The number of nitrogens with zero attached hydrogens (tertiary/aromatic N) is 3. The quantitative estimate of drug-likeness (QED) is 0.810. The van der Waals surface area contributed by atoms with Gasteiger partial charge >= 0.3 is 0 Å². The van der Waals surface area contributed by atoms with Crippen LogP contribution in [-0.4, -0.2) is 47.0 Å². The number of anilines is 1. The number of fused-ring (bicyclic) bond motifs is 1. The Balaban J connectivity index is 1.41. The van der Waals surface area contributed by atoms with Crippen molar-refractivity contribution in [1.82, 2.24) is 15.3 Å². The Bertz CT molecular complexity index is 913. The number of hydrogen-bond acceptors (Lipinski definition) is 5. The Morgan fingerprint density at radius 1 is 1.10 bits per heavy atom. The van der Waals surface area contributed by atoms with Crippen molar-refractivity contribution in [3.05, 3.63) is 29.6 Å². The highest BCUT2D eigenvalue weighted by atomic mass is 19.1. The number of nitrogens with one attached hydrogen (secondary N) is 2. The van der Waals surface area contributed by atoms with Gasteiger partial charge in [-0.05, 0) is 57.6 Å². The van der Waals surface area contributed by atoms with Crippen molar-refractivity contribution in [2.45, 2.75) is 76.0 Å². The molecule has 5 nitrogen and oxygen atoms in total. The Kier molecular flexibility index (Phi) is 5.20. The Morgan fingerprint density at radius 3 is 2.69 bits per heavy atom. The van der Waals surface area contributed by atoms with Crippen LogP contribution in [0.5, 0.6) is 0 Å². The highest BCUT2D eigenvalue weighted by molar-refractivity contribution is 5.90. The number of aromatic nitrogens is 2. The van der Waals surface area contributed by atoms with E-state index < -0.39 is 6.17 Å².